The second-order valence-electron chi connectivity index (χ2n) is 5.25. The summed E-state index contributed by atoms with van der Waals surface area (Å²) in [7, 11) is 1.59. The molecule has 1 aromatic heterocycles. The van der Waals surface area contributed by atoms with Crippen LogP contribution in [-0.2, 0) is 9.47 Å². The average molecular weight is 304 g/mol. The SMILES string of the molecule is CCOC(=O)c1cc(OC)c2c(cnn2C2CCCCO2)c1. The summed E-state index contributed by atoms with van der Waals surface area (Å²) in [4.78, 5) is 11.9. The number of aromatic nitrogens is 2. The van der Waals surface area contributed by atoms with E-state index in [-0.39, 0.29) is 12.2 Å². The minimum atomic E-state index is -0.357. The van der Waals surface area contributed by atoms with Gasteiger partial charge in [-0.3, -0.25) is 0 Å². The number of benzene rings is 1. The third-order valence-corrected chi connectivity index (χ3v) is 3.81. The van der Waals surface area contributed by atoms with E-state index in [1.54, 1.807) is 32.4 Å². The van der Waals surface area contributed by atoms with Gasteiger partial charge < -0.3 is 14.2 Å². The number of esters is 1. The first kappa shape index (κ1) is 14.8. The zero-order valence-electron chi connectivity index (χ0n) is 12.9. The third-order valence-electron chi connectivity index (χ3n) is 3.81. The number of nitrogens with zero attached hydrogens (tertiary/aromatic N) is 2. The van der Waals surface area contributed by atoms with Gasteiger partial charge in [0.1, 0.15) is 11.3 Å². The second kappa shape index (κ2) is 6.36. The highest BCUT2D eigenvalue weighted by molar-refractivity contribution is 5.97. The molecular formula is C16H20N2O4. The van der Waals surface area contributed by atoms with E-state index in [0.29, 0.717) is 17.9 Å². The maximum absolute atomic E-state index is 11.9. The van der Waals surface area contributed by atoms with Crippen LogP contribution in [0.2, 0.25) is 0 Å². The number of ether oxygens (including phenoxy) is 3. The van der Waals surface area contributed by atoms with Crippen LogP contribution in [0.25, 0.3) is 10.9 Å². The Hall–Kier alpha value is -2.08. The fourth-order valence-corrected chi connectivity index (χ4v) is 2.78. The molecule has 1 saturated heterocycles. The lowest BCUT2D eigenvalue weighted by Crippen LogP contribution is -2.19. The Bertz CT molecular complexity index is 674. The molecule has 6 heteroatoms. The first-order chi connectivity index (χ1) is 10.7. The van der Waals surface area contributed by atoms with Gasteiger partial charge in [0.25, 0.3) is 0 Å². The van der Waals surface area contributed by atoms with Crippen LogP contribution in [0.15, 0.2) is 18.3 Å². The summed E-state index contributed by atoms with van der Waals surface area (Å²) >= 11 is 0. The van der Waals surface area contributed by atoms with Crippen molar-refractivity contribution >= 4 is 16.9 Å². The Morgan fingerprint density at radius 1 is 1.45 bits per heavy atom. The van der Waals surface area contributed by atoms with E-state index in [4.69, 9.17) is 14.2 Å². The highest BCUT2D eigenvalue weighted by Gasteiger charge is 2.22. The average Bonchev–Trinajstić information content (AvgIpc) is 2.99. The van der Waals surface area contributed by atoms with E-state index in [1.165, 1.54) is 0 Å². The lowest BCUT2D eigenvalue weighted by molar-refractivity contribution is -0.0368. The molecule has 2 heterocycles. The molecule has 118 valence electrons. The maximum Gasteiger partial charge on any atom is 0.338 e. The highest BCUT2D eigenvalue weighted by atomic mass is 16.5. The van der Waals surface area contributed by atoms with Crippen LogP contribution in [0.3, 0.4) is 0 Å². The van der Waals surface area contributed by atoms with E-state index >= 15 is 0 Å². The van der Waals surface area contributed by atoms with Crippen molar-refractivity contribution < 1.29 is 19.0 Å². The Morgan fingerprint density at radius 2 is 2.32 bits per heavy atom. The monoisotopic (exact) mass is 304 g/mol. The van der Waals surface area contributed by atoms with Gasteiger partial charge in [-0.05, 0) is 38.3 Å². The molecule has 0 aliphatic carbocycles. The van der Waals surface area contributed by atoms with E-state index in [2.05, 4.69) is 5.10 Å². The van der Waals surface area contributed by atoms with Crippen molar-refractivity contribution in [3.8, 4) is 5.75 Å². The predicted octanol–water partition coefficient (Wildman–Crippen LogP) is 2.92. The standard InChI is InChI=1S/C16H20N2O4/c1-3-21-16(19)11-8-12-10-17-18(14-6-4-5-7-22-14)15(12)13(9-11)20-2/h8-10,14H,3-7H2,1-2H3. The predicted molar refractivity (Wildman–Crippen MR) is 81.1 cm³/mol. The number of carbonyl (C=O) groups excluding carboxylic acids is 1. The minimum absolute atomic E-state index is 0.0754. The Labute approximate surface area is 129 Å². The van der Waals surface area contributed by atoms with Crippen molar-refractivity contribution in [1.82, 2.24) is 9.78 Å². The molecule has 2 aromatic rings. The van der Waals surface area contributed by atoms with Gasteiger partial charge in [0, 0.05) is 12.0 Å². The first-order valence-corrected chi connectivity index (χ1v) is 7.58. The summed E-state index contributed by atoms with van der Waals surface area (Å²) in [6, 6.07) is 3.48. The van der Waals surface area contributed by atoms with E-state index in [9.17, 15) is 4.79 Å². The van der Waals surface area contributed by atoms with Gasteiger partial charge in [-0.1, -0.05) is 0 Å². The number of hydrogen-bond donors (Lipinski definition) is 0. The summed E-state index contributed by atoms with van der Waals surface area (Å²) in [5.41, 5.74) is 1.32. The van der Waals surface area contributed by atoms with Crippen LogP contribution >= 0.6 is 0 Å². The molecule has 1 atom stereocenters. The van der Waals surface area contributed by atoms with Crippen LogP contribution in [-0.4, -0.2) is 36.1 Å². The van der Waals surface area contributed by atoms with Crippen molar-refractivity contribution in [1.29, 1.82) is 0 Å². The van der Waals surface area contributed by atoms with Crippen LogP contribution in [0.4, 0.5) is 0 Å². The molecule has 6 nitrogen and oxygen atoms in total. The lowest BCUT2D eigenvalue weighted by Gasteiger charge is -2.24. The van der Waals surface area contributed by atoms with Crippen LogP contribution < -0.4 is 4.74 Å². The third kappa shape index (κ3) is 2.66. The van der Waals surface area contributed by atoms with Crippen molar-refractivity contribution in [3.05, 3.63) is 23.9 Å². The van der Waals surface area contributed by atoms with Crippen molar-refractivity contribution in [2.75, 3.05) is 20.3 Å². The zero-order valence-corrected chi connectivity index (χ0v) is 12.9. The molecule has 0 radical (unpaired) electrons. The van der Waals surface area contributed by atoms with Crippen molar-refractivity contribution in [3.63, 3.8) is 0 Å². The summed E-state index contributed by atoms with van der Waals surface area (Å²) in [5.74, 6) is 0.247. The molecule has 1 aliphatic heterocycles. The fourth-order valence-electron chi connectivity index (χ4n) is 2.78. The van der Waals surface area contributed by atoms with Crippen LogP contribution in [0, 0.1) is 0 Å². The van der Waals surface area contributed by atoms with Gasteiger partial charge in [-0.2, -0.15) is 5.10 Å². The first-order valence-electron chi connectivity index (χ1n) is 7.58. The molecular weight excluding hydrogens is 284 g/mol. The van der Waals surface area contributed by atoms with Gasteiger partial charge in [-0.15, -0.1) is 0 Å². The Kier molecular flexibility index (Phi) is 4.29. The van der Waals surface area contributed by atoms with E-state index in [1.807, 2.05) is 4.68 Å². The van der Waals surface area contributed by atoms with Gasteiger partial charge >= 0.3 is 5.97 Å². The molecule has 1 fully saturated rings. The van der Waals surface area contributed by atoms with Gasteiger partial charge in [0.15, 0.2) is 6.23 Å². The van der Waals surface area contributed by atoms with Crippen LogP contribution in [0.1, 0.15) is 42.8 Å². The molecule has 3 rings (SSSR count). The molecule has 1 aliphatic rings. The van der Waals surface area contributed by atoms with Crippen molar-refractivity contribution in [2.45, 2.75) is 32.4 Å². The summed E-state index contributed by atoms with van der Waals surface area (Å²) < 4.78 is 18.2. The Balaban J connectivity index is 2.04. The summed E-state index contributed by atoms with van der Waals surface area (Å²) in [6.45, 7) is 2.87. The number of fused-ring (bicyclic) bond motifs is 1. The fraction of sp³-hybridized carbons (Fsp3) is 0.500. The summed E-state index contributed by atoms with van der Waals surface area (Å²) in [5, 5.41) is 5.28. The largest absolute Gasteiger partial charge is 0.494 e. The molecule has 22 heavy (non-hydrogen) atoms. The maximum atomic E-state index is 11.9. The number of hydrogen-bond acceptors (Lipinski definition) is 5. The van der Waals surface area contributed by atoms with Gasteiger partial charge in [-0.25, -0.2) is 9.48 Å². The normalized spacial score (nSPS) is 18.4. The topological polar surface area (TPSA) is 62.6 Å². The van der Waals surface area contributed by atoms with Crippen molar-refractivity contribution in [2.24, 2.45) is 0 Å². The van der Waals surface area contributed by atoms with E-state index < -0.39 is 0 Å². The van der Waals surface area contributed by atoms with E-state index in [0.717, 1.165) is 36.8 Å². The quantitative estimate of drug-likeness (QED) is 0.813. The minimum Gasteiger partial charge on any atom is -0.494 e. The lowest BCUT2D eigenvalue weighted by atomic mass is 10.1. The molecule has 1 aromatic carbocycles. The molecule has 0 spiro atoms. The second-order valence-corrected chi connectivity index (χ2v) is 5.25. The van der Waals surface area contributed by atoms with Gasteiger partial charge in [0.05, 0.1) is 25.5 Å². The van der Waals surface area contributed by atoms with Gasteiger partial charge in [0.2, 0.25) is 0 Å². The Morgan fingerprint density at radius 3 is 3.00 bits per heavy atom. The van der Waals surface area contributed by atoms with Crippen LogP contribution in [0.5, 0.6) is 5.75 Å². The highest BCUT2D eigenvalue weighted by Crippen LogP contribution is 2.32. The molecule has 0 N–H and O–H groups in total. The molecule has 0 amide bonds. The smallest absolute Gasteiger partial charge is 0.338 e. The zero-order chi connectivity index (χ0) is 15.5. The molecule has 1 unspecified atom stereocenters. The number of carbonyl (C=O) groups is 1. The number of methoxy groups -OCH3 is 1. The number of rotatable bonds is 4. The molecule has 0 saturated carbocycles. The summed E-state index contributed by atoms with van der Waals surface area (Å²) in [6.07, 6.45) is 4.79. The molecule has 0 bridgehead atoms.